The molecular weight excluding hydrogens is 214 g/mol. The van der Waals surface area contributed by atoms with Crippen molar-refractivity contribution in [3.63, 3.8) is 0 Å². The molecule has 0 aliphatic carbocycles. The monoisotopic (exact) mass is 225 g/mol. The van der Waals surface area contributed by atoms with Gasteiger partial charge in [-0.05, 0) is 6.07 Å². The summed E-state index contributed by atoms with van der Waals surface area (Å²) >= 11 is 5.72. The minimum atomic E-state index is 0.391. The van der Waals surface area contributed by atoms with Crippen LogP contribution in [0, 0.1) is 0 Å². The predicted octanol–water partition coefficient (Wildman–Crippen LogP) is 0.993. The van der Waals surface area contributed by atoms with Crippen molar-refractivity contribution >= 4 is 11.6 Å². The highest BCUT2D eigenvalue weighted by Crippen LogP contribution is 2.03. The normalized spacial score (nSPS) is 10.8. The van der Waals surface area contributed by atoms with E-state index in [4.69, 9.17) is 11.6 Å². The molecule has 0 unspecified atom stereocenters. The fourth-order valence-electron chi connectivity index (χ4n) is 1.40. The largest absolute Gasteiger partial charge is 0.316 e. The van der Waals surface area contributed by atoms with Crippen LogP contribution in [-0.2, 0) is 25.9 Å². The zero-order valence-corrected chi connectivity index (χ0v) is 9.22. The Hall–Kier alpha value is -1.36. The molecule has 5 nitrogen and oxygen atoms in total. The van der Waals surface area contributed by atoms with E-state index in [1.54, 1.807) is 11.0 Å². The number of rotatable bonds is 4. The molecule has 0 spiro atoms. The van der Waals surface area contributed by atoms with Gasteiger partial charge in [0.1, 0.15) is 12.2 Å². The van der Waals surface area contributed by atoms with Crippen LogP contribution in [0.3, 0.4) is 0 Å². The molecule has 0 atom stereocenters. The molecule has 0 saturated heterocycles. The highest BCUT2D eigenvalue weighted by Gasteiger charge is 2.03. The first kappa shape index (κ1) is 10.2. The first-order chi connectivity index (χ1) is 7.29. The van der Waals surface area contributed by atoms with Crippen LogP contribution in [0.4, 0.5) is 0 Å². The Morgan fingerprint density at radius 2 is 2.33 bits per heavy atom. The maximum atomic E-state index is 5.72. The van der Waals surface area contributed by atoms with Crippen molar-refractivity contribution in [1.82, 2.24) is 24.5 Å². The van der Waals surface area contributed by atoms with Gasteiger partial charge < -0.3 is 4.57 Å². The van der Waals surface area contributed by atoms with Crippen LogP contribution >= 0.6 is 11.6 Å². The second-order valence-electron chi connectivity index (χ2n) is 3.30. The maximum Gasteiger partial charge on any atom is 0.147 e. The van der Waals surface area contributed by atoms with Crippen molar-refractivity contribution in [3.8, 4) is 0 Å². The summed E-state index contributed by atoms with van der Waals surface area (Å²) in [4.78, 5) is 0. The molecule has 0 aliphatic heterocycles. The third-order valence-electron chi connectivity index (χ3n) is 2.19. The standard InChI is InChI=1S/C9H12ClN5/c1-14-4-2-8(13-14)3-5-15-7-11-12-9(15)6-10/h2,4,7H,3,5-6H2,1H3. The van der Waals surface area contributed by atoms with Crippen molar-refractivity contribution in [2.75, 3.05) is 0 Å². The van der Waals surface area contributed by atoms with Gasteiger partial charge in [0, 0.05) is 26.2 Å². The summed E-state index contributed by atoms with van der Waals surface area (Å²) in [5.41, 5.74) is 1.06. The first-order valence-corrected chi connectivity index (χ1v) is 5.24. The molecular formula is C9H12ClN5. The molecule has 0 aliphatic rings. The number of aryl methyl sites for hydroxylation is 3. The van der Waals surface area contributed by atoms with Crippen molar-refractivity contribution in [2.45, 2.75) is 18.8 Å². The Morgan fingerprint density at radius 3 is 3.00 bits per heavy atom. The molecule has 0 N–H and O–H groups in total. The number of halogens is 1. The molecule has 0 aromatic carbocycles. The summed E-state index contributed by atoms with van der Waals surface area (Å²) in [6.07, 6.45) is 4.49. The topological polar surface area (TPSA) is 48.5 Å². The summed E-state index contributed by atoms with van der Waals surface area (Å²) in [5.74, 6) is 1.19. The first-order valence-electron chi connectivity index (χ1n) is 4.71. The SMILES string of the molecule is Cn1ccc(CCn2cnnc2CCl)n1. The number of aromatic nitrogens is 5. The smallest absolute Gasteiger partial charge is 0.147 e. The van der Waals surface area contributed by atoms with Crippen LogP contribution in [0.25, 0.3) is 0 Å². The zero-order valence-electron chi connectivity index (χ0n) is 8.47. The van der Waals surface area contributed by atoms with E-state index in [0.717, 1.165) is 24.5 Å². The Bertz CT molecular complexity index is 433. The van der Waals surface area contributed by atoms with Gasteiger partial charge in [0.15, 0.2) is 0 Å². The van der Waals surface area contributed by atoms with Gasteiger partial charge in [0.2, 0.25) is 0 Å². The summed E-state index contributed by atoms with van der Waals surface area (Å²) in [5, 5.41) is 12.0. The van der Waals surface area contributed by atoms with Crippen molar-refractivity contribution < 1.29 is 0 Å². The average Bonchev–Trinajstić information content (AvgIpc) is 2.83. The second kappa shape index (κ2) is 4.44. The number of alkyl halides is 1. The van der Waals surface area contributed by atoms with E-state index in [0.29, 0.717) is 5.88 Å². The van der Waals surface area contributed by atoms with E-state index in [1.165, 1.54) is 0 Å². The maximum absolute atomic E-state index is 5.72. The van der Waals surface area contributed by atoms with Crippen LogP contribution < -0.4 is 0 Å². The molecule has 2 heterocycles. The molecule has 2 aromatic heterocycles. The highest BCUT2D eigenvalue weighted by molar-refractivity contribution is 6.16. The van der Waals surface area contributed by atoms with Crippen molar-refractivity contribution in [3.05, 3.63) is 30.1 Å². The molecule has 2 rings (SSSR count). The lowest BCUT2D eigenvalue weighted by atomic mass is 10.3. The third-order valence-corrected chi connectivity index (χ3v) is 2.43. The fourth-order valence-corrected chi connectivity index (χ4v) is 1.61. The van der Waals surface area contributed by atoms with Crippen LogP contribution in [0.2, 0.25) is 0 Å². The van der Waals surface area contributed by atoms with Gasteiger partial charge >= 0.3 is 0 Å². The van der Waals surface area contributed by atoms with E-state index in [9.17, 15) is 0 Å². The Balaban J connectivity index is 1.98. The van der Waals surface area contributed by atoms with E-state index < -0.39 is 0 Å². The molecule has 2 aromatic rings. The minimum absolute atomic E-state index is 0.391. The predicted molar refractivity (Wildman–Crippen MR) is 56.5 cm³/mol. The summed E-state index contributed by atoms with van der Waals surface area (Å²) in [6, 6.07) is 2.00. The molecule has 0 bridgehead atoms. The van der Waals surface area contributed by atoms with Crippen molar-refractivity contribution in [2.24, 2.45) is 7.05 Å². The molecule has 15 heavy (non-hydrogen) atoms. The van der Waals surface area contributed by atoms with Crippen LogP contribution in [0.1, 0.15) is 11.5 Å². The quantitative estimate of drug-likeness (QED) is 0.730. The van der Waals surface area contributed by atoms with E-state index in [-0.39, 0.29) is 0 Å². The Morgan fingerprint density at radius 1 is 1.47 bits per heavy atom. The fraction of sp³-hybridized carbons (Fsp3) is 0.444. The zero-order chi connectivity index (χ0) is 10.7. The lowest BCUT2D eigenvalue weighted by Crippen LogP contribution is -2.04. The van der Waals surface area contributed by atoms with Gasteiger partial charge in [-0.25, -0.2) is 0 Å². The van der Waals surface area contributed by atoms with E-state index in [1.807, 2.05) is 23.9 Å². The molecule has 0 saturated carbocycles. The summed E-state index contributed by atoms with van der Waals surface area (Å²) in [7, 11) is 1.91. The third kappa shape index (κ3) is 2.36. The van der Waals surface area contributed by atoms with E-state index in [2.05, 4.69) is 15.3 Å². The van der Waals surface area contributed by atoms with Crippen LogP contribution in [-0.4, -0.2) is 24.5 Å². The highest BCUT2D eigenvalue weighted by atomic mass is 35.5. The van der Waals surface area contributed by atoms with Crippen LogP contribution in [0.15, 0.2) is 18.6 Å². The Labute approximate surface area is 92.7 Å². The lowest BCUT2D eigenvalue weighted by Gasteiger charge is -2.02. The van der Waals surface area contributed by atoms with Gasteiger partial charge in [0.25, 0.3) is 0 Å². The van der Waals surface area contributed by atoms with Gasteiger partial charge in [0.05, 0.1) is 11.6 Å². The van der Waals surface area contributed by atoms with Crippen LogP contribution in [0.5, 0.6) is 0 Å². The number of hydrogen-bond donors (Lipinski definition) is 0. The lowest BCUT2D eigenvalue weighted by molar-refractivity contribution is 0.645. The summed E-state index contributed by atoms with van der Waals surface area (Å²) in [6.45, 7) is 0.812. The molecule has 0 fully saturated rings. The molecule has 6 heteroatoms. The van der Waals surface area contributed by atoms with Gasteiger partial charge in [-0.15, -0.1) is 21.8 Å². The minimum Gasteiger partial charge on any atom is -0.316 e. The van der Waals surface area contributed by atoms with E-state index >= 15 is 0 Å². The Kier molecular flexibility index (Phi) is 3.01. The average molecular weight is 226 g/mol. The molecule has 0 radical (unpaired) electrons. The second-order valence-corrected chi connectivity index (χ2v) is 3.57. The number of hydrogen-bond acceptors (Lipinski definition) is 3. The molecule has 80 valence electrons. The number of nitrogens with zero attached hydrogens (tertiary/aromatic N) is 5. The van der Waals surface area contributed by atoms with Gasteiger partial charge in [-0.1, -0.05) is 0 Å². The summed E-state index contributed by atoms with van der Waals surface area (Å²) < 4.78 is 3.74. The van der Waals surface area contributed by atoms with Gasteiger partial charge in [-0.2, -0.15) is 5.10 Å². The molecule has 0 amide bonds. The van der Waals surface area contributed by atoms with Gasteiger partial charge in [-0.3, -0.25) is 4.68 Å². The van der Waals surface area contributed by atoms with Crippen molar-refractivity contribution in [1.29, 1.82) is 0 Å².